The lowest BCUT2D eigenvalue weighted by Crippen LogP contribution is -2.15. The van der Waals surface area contributed by atoms with Crippen LogP contribution in [0.1, 0.15) is 18.4 Å². The molecule has 33 heavy (non-hydrogen) atoms. The highest BCUT2D eigenvalue weighted by atomic mass is 35.5. The topological polar surface area (TPSA) is 85.7 Å². The van der Waals surface area contributed by atoms with E-state index in [0.717, 1.165) is 22.3 Å². The van der Waals surface area contributed by atoms with Gasteiger partial charge in [-0.1, -0.05) is 17.7 Å². The highest BCUT2D eigenvalue weighted by molar-refractivity contribution is 6.32. The van der Waals surface area contributed by atoms with Crippen molar-refractivity contribution in [2.75, 3.05) is 6.61 Å². The highest BCUT2D eigenvalue weighted by Crippen LogP contribution is 2.33. The van der Waals surface area contributed by atoms with Crippen molar-refractivity contribution in [3.8, 4) is 39.9 Å². The van der Waals surface area contributed by atoms with E-state index in [1.807, 2.05) is 18.3 Å². The third-order valence-electron chi connectivity index (χ3n) is 5.68. The number of hydrogen-bond donors (Lipinski definition) is 0. The number of rotatable bonds is 6. The quantitative estimate of drug-likeness (QED) is 0.422. The van der Waals surface area contributed by atoms with E-state index in [1.54, 1.807) is 54.6 Å². The van der Waals surface area contributed by atoms with Gasteiger partial charge in [0.2, 0.25) is 5.88 Å². The molecule has 3 heterocycles. The normalized spacial score (nSPS) is 13.0. The number of ether oxygens (including phenoxy) is 1. The molecule has 7 nitrogen and oxygen atoms in total. The first-order valence-electron chi connectivity index (χ1n) is 10.6. The van der Waals surface area contributed by atoms with E-state index in [9.17, 15) is 10.1 Å². The van der Waals surface area contributed by atoms with Gasteiger partial charge in [-0.3, -0.25) is 4.79 Å². The minimum absolute atomic E-state index is 0.128. The fourth-order valence-electron chi connectivity index (χ4n) is 3.62. The highest BCUT2D eigenvalue weighted by Gasteiger charge is 2.22. The van der Waals surface area contributed by atoms with Crippen molar-refractivity contribution < 1.29 is 4.74 Å². The number of hydrogen-bond acceptors (Lipinski definition) is 5. The number of nitriles is 1. The van der Waals surface area contributed by atoms with Crippen molar-refractivity contribution in [1.82, 2.24) is 19.3 Å². The third kappa shape index (κ3) is 4.26. The molecule has 1 aliphatic carbocycles. The lowest BCUT2D eigenvalue weighted by Gasteiger charge is -2.11. The Labute approximate surface area is 195 Å². The van der Waals surface area contributed by atoms with Crippen LogP contribution in [0.15, 0.2) is 66.0 Å². The maximum atomic E-state index is 12.4. The molecule has 0 radical (unpaired) electrons. The van der Waals surface area contributed by atoms with Gasteiger partial charge in [-0.2, -0.15) is 10.4 Å². The molecule has 0 bridgehead atoms. The average Bonchev–Trinajstić information content (AvgIpc) is 3.53. The summed E-state index contributed by atoms with van der Waals surface area (Å²) in [5.74, 6) is 1.22. The molecule has 1 fully saturated rings. The van der Waals surface area contributed by atoms with Gasteiger partial charge in [0.1, 0.15) is 6.07 Å². The van der Waals surface area contributed by atoms with Gasteiger partial charge in [-0.25, -0.2) is 9.67 Å². The standard InChI is InChI=1S/C25H20ClN5O2/c1-30-14-21(18-12-29-31(13-18)23-4-2-3-22(26)20(23)10-27)19(9-25(30)32)17-7-8-24(28-11-17)33-15-16-5-6-16/h2-4,7-9,11-14,16H,5-6,15H2,1H3. The molecule has 0 N–H and O–H groups in total. The zero-order valence-corrected chi connectivity index (χ0v) is 18.7. The Bertz CT molecular complexity index is 1430. The predicted molar refractivity (Wildman–Crippen MR) is 125 cm³/mol. The predicted octanol–water partition coefficient (Wildman–Crippen LogP) is 4.61. The molecule has 1 saturated carbocycles. The molecule has 0 amide bonds. The molecular weight excluding hydrogens is 438 g/mol. The molecule has 164 valence electrons. The number of halogens is 1. The van der Waals surface area contributed by atoms with Crippen molar-refractivity contribution in [3.05, 3.63) is 82.1 Å². The first-order chi connectivity index (χ1) is 16.0. The molecule has 8 heteroatoms. The van der Waals surface area contributed by atoms with E-state index in [1.165, 1.54) is 17.4 Å². The maximum Gasteiger partial charge on any atom is 0.250 e. The van der Waals surface area contributed by atoms with Gasteiger partial charge >= 0.3 is 0 Å². The van der Waals surface area contributed by atoms with Crippen molar-refractivity contribution in [3.63, 3.8) is 0 Å². The summed E-state index contributed by atoms with van der Waals surface area (Å²) in [6.45, 7) is 0.691. The summed E-state index contributed by atoms with van der Waals surface area (Å²) in [6, 6.07) is 12.7. The van der Waals surface area contributed by atoms with E-state index < -0.39 is 0 Å². The third-order valence-corrected chi connectivity index (χ3v) is 6.00. The van der Waals surface area contributed by atoms with Gasteiger partial charge in [-0.15, -0.1) is 0 Å². The average molecular weight is 458 g/mol. The second-order valence-corrected chi connectivity index (χ2v) is 8.52. The van der Waals surface area contributed by atoms with Gasteiger partial charge in [0.25, 0.3) is 5.56 Å². The number of benzene rings is 1. The van der Waals surface area contributed by atoms with Crippen LogP contribution < -0.4 is 10.3 Å². The zero-order chi connectivity index (χ0) is 22.9. The van der Waals surface area contributed by atoms with Crippen molar-refractivity contribution >= 4 is 11.6 Å². The molecule has 5 rings (SSSR count). The lowest BCUT2D eigenvalue weighted by molar-refractivity contribution is 0.288. The molecular formula is C25H20ClN5O2. The first-order valence-corrected chi connectivity index (χ1v) is 10.9. The Balaban J connectivity index is 1.53. The molecule has 0 aliphatic heterocycles. The molecule has 1 aromatic carbocycles. The van der Waals surface area contributed by atoms with Gasteiger partial charge in [-0.05, 0) is 42.5 Å². The van der Waals surface area contributed by atoms with Crippen LogP contribution in [0.25, 0.3) is 27.9 Å². The Kier molecular flexibility index (Phi) is 5.45. The molecule has 0 atom stereocenters. The van der Waals surface area contributed by atoms with Crippen LogP contribution in [-0.2, 0) is 7.05 Å². The minimum atomic E-state index is -0.128. The lowest BCUT2D eigenvalue weighted by atomic mass is 9.99. The van der Waals surface area contributed by atoms with Gasteiger partial charge in [0.05, 0.1) is 29.1 Å². The molecule has 0 saturated heterocycles. The van der Waals surface area contributed by atoms with Crippen LogP contribution >= 0.6 is 11.6 Å². The van der Waals surface area contributed by atoms with E-state index in [2.05, 4.69) is 16.2 Å². The minimum Gasteiger partial charge on any atom is -0.477 e. The van der Waals surface area contributed by atoms with Crippen molar-refractivity contribution in [2.45, 2.75) is 12.8 Å². The van der Waals surface area contributed by atoms with Crippen LogP contribution in [0.2, 0.25) is 5.02 Å². The summed E-state index contributed by atoms with van der Waals surface area (Å²) in [4.78, 5) is 16.9. The summed E-state index contributed by atoms with van der Waals surface area (Å²) < 4.78 is 8.87. The monoisotopic (exact) mass is 457 g/mol. The SMILES string of the molecule is Cn1cc(-c2cnn(-c3cccc(Cl)c3C#N)c2)c(-c2ccc(OCC3CC3)nc2)cc1=O. The van der Waals surface area contributed by atoms with Gasteiger partial charge < -0.3 is 9.30 Å². The summed E-state index contributed by atoms with van der Waals surface area (Å²) in [5, 5.41) is 14.3. The Morgan fingerprint density at radius 2 is 2.00 bits per heavy atom. The molecule has 0 unspecified atom stereocenters. The largest absolute Gasteiger partial charge is 0.477 e. The molecule has 3 aromatic heterocycles. The van der Waals surface area contributed by atoms with E-state index in [4.69, 9.17) is 16.3 Å². The fraction of sp³-hybridized carbons (Fsp3) is 0.200. The molecule has 0 spiro atoms. The van der Waals surface area contributed by atoms with Crippen LogP contribution in [0.4, 0.5) is 0 Å². The number of pyridine rings is 2. The second kappa shape index (κ2) is 8.57. The molecule has 4 aromatic rings. The summed E-state index contributed by atoms with van der Waals surface area (Å²) in [7, 11) is 1.71. The number of aryl methyl sites for hydroxylation is 1. The van der Waals surface area contributed by atoms with Gasteiger partial charge in [0, 0.05) is 54.5 Å². The zero-order valence-electron chi connectivity index (χ0n) is 17.9. The second-order valence-electron chi connectivity index (χ2n) is 8.11. The van der Waals surface area contributed by atoms with Crippen LogP contribution in [0, 0.1) is 17.2 Å². The number of aromatic nitrogens is 4. The first kappa shape index (κ1) is 21.0. The van der Waals surface area contributed by atoms with E-state index >= 15 is 0 Å². The fourth-order valence-corrected chi connectivity index (χ4v) is 3.83. The van der Waals surface area contributed by atoms with Crippen molar-refractivity contribution in [1.29, 1.82) is 5.26 Å². The Hall–Kier alpha value is -3.89. The summed E-state index contributed by atoms with van der Waals surface area (Å²) >= 11 is 6.18. The number of nitrogens with zero attached hydrogens (tertiary/aromatic N) is 5. The van der Waals surface area contributed by atoms with Crippen LogP contribution in [0.5, 0.6) is 5.88 Å². The molecule has 1 aliphatic rings. The van der Waals surface area contributed by atoms with E-state index in [-0.39, 0.29) is 5.56 Å². The van der Waals surface area contributed by atoms with Gasteiger partial charge in [0.15, 0.2) is 0 Å². The smallest absolute Gasteiger partial charge is 0.250 e. The van der Waals surface area contributed by atoms with Crippen molar-refractivity contribution in [2.24, 2.45) is 13.0 Å². The summed E-state index contributed by atoms with van der Waals surface area (Å²) in [6.07, 6.45) is 9.44. The van der Waals surface area contributed by atoms with Crippen LogP contribution in [-0.4, -0.2) is 25.9 Å². The Morgan fingerprint density at radius 3 is 2.73 bits per heavy atom. The van der Waals surface area contributed by atoms with Crippen LogP contribution in [0.3, 0.4) is 0 Å². The Morgan fingerprint density at radius 1 is 1.15 bits per heavy atom. The maximum absolute atomic E-state index is 12.4. The summed E-state index contributed by atoms with van der Waals surface area (Å²) in [5.41, 5.74) is 3.95. The van der Waals surface area contributed by atoms with E-state index in [0.29, 0.717) is 34.7 Å².